The van der Waals surface area contributed by atoms with Gasteiger partial charge in [0.25, 0.3) is 0 Å². The molecule has 0 aliphatic heterocycles. The van der Waals surface area contributed by atoms with Crippen molar-refractivity contribution in [3.05, 3.63) is 12.2 Å². The van der Waals surface area contributed by atoms with Crippen LogP contribution < -0.4 is 0 Å². The summed E-state index contributed by atoms with van der Waals surface area (Å²) >= 11 is 0. The molecule has 0 aromatic heterocycles. The van der Waals surface area contributed by atoms with Crippen molar-refractivity contribution >= 4 is 5.97 Å². The molecule has 0 saturated carbocycles. The molecule has 0 bridgehead atoms. The van der Waals surface area contributed by atoms with Gasteiger partial charge in [-0.25, -0.2) is 0 Å². The fourth-order valence-electron chi connectivity index (χ4n) is 2.06. The van der Waals surface area contributed by atoms with Crippen LogP contribution in [-0.2, 0) is 9.53 Å². The van der Waals surface area contributed by atoms with E-state index >= 15 is 0 Å². The molecule has 0 fully saturated rings. The number of carbonyl (C=O) groups excluding carboxylic acids is 1. The molecule has 2 heteroatoms. The number of hydrogen-bond donors (Lipinski definition) is 0. The fourth-order valence-corrected chi connectivity index (χ4v) is 2.06. The molecule has 2 nitrogen and oxygen atoms in total. The Labute approximate surface area is 119 Å². The maximum Gasteiger partial charge on any atom is 0.302 e. The maximum absolute atomic E-state index is 10.6. The van der Waals surface area contributed by atoms with Gasteiger partial charge in [0.1, 0.15) is 0 Å². The first-order chi connectivity index (χ1) is 9.16. The van der Waals surface area contributed by atoms with Crippen molar-refractivity contribution < 1.29 is 9.53 Å². The van der Waals surface area contributed by atoms with Crippen LogP contribution in [0, 0.1) is 5.92 Å². The molecule has 19 heavy (non-hydrogen) atoms. The molecule has 0 rings (SSSR count). The average molecular weight is 268 g/mol. The summed E-state index contributed by atoms with van der Waals surface area (Å²) in [5.74, 6) is 0.557. The highest BCUT2D eigenvalue weighted by atomic mass is 16.5. The lowest BCUT2D eigenvalue weighted by molar-refractivity contribution is -0.141. The highest BCUT2D eigenvalue weighted by Crippen LogP contribution is 2.13. The summed E-state index contributed by atoms with van der Waals surface area (Å²) in [6.07, 6.45) is 15.9. The van der Waals surface area contributed by atoms with E-state index in [1.807, 2.05) is 0 Å². The minimum Gasteiger partial charge on any atom is -0.466 e. The van der Waals surface area contributed by atoms with Gasteiger partial charge in [-0.2, -0.15) is 0 Å². The Morgan fingerprint density at radius 2 is 1.79 bits per heavy atom. The Hall–Kier alpha value is -0.790. The maximum atomic E-state index is 10.6. The second-order valence-electron chi connectivity index (χ2n) is 5.44. The molecular weight excluding hydrogens is 236 g/mol. The molecule has 1 atom stereocenters. The average Bonchev–Trinajstić information content (AvgIpc) is 2.37. The molecule has 0 aromatic rings. The lowest BCUT2D eigenvalue weighted by Gasteiger charge is -2.06. The van der Waals surface area contributed by atoms with E-state index in [1.54, 1.807) is 0 Å². The van der Waals surface area contributed by atoms with E-state index < -0.39 is 0 Å². The van der Waals surface area contributed by atoms with Gasteiger partial charge in [-0.3, -0.25) is 4.79 Å². The van der Waals surface area contributed by atoms with Crippen molar-refractivity contribution in [1.29, 1.82) is 0 Å². The molecule has 0 N–H and O–H groups in total. The standard InChI is InChI=1S/C17H32O2/c1-4-5-6-10-13-16(2)14-11-8-7-9-12-15-19-17(3)18/h10,13,16H,4-9,11-12,14-15H2,1-3H3. The summed E-state index contributed by atoms with van der Waals surface area (Å²) in [4.78, 5) is 10.6. The Morgan fingerprint density at radius 3 is 2.47 bits per heavy atom. The SMILES string of the molecule is CCCCC=CC(C)CCCCCCCOC(C)=O. The minimum absolute atomic E-state index is 0.163. The Bertz CT molecular complexity index is 233. The lowest BCUT2D eigenvalue weighted by atomic mass is 10.0. The van der Waals surface area contributed by atoms with Crippen molar-refractivity contribution in [2.45, 2.75) is 78.6 Å². The van der Waals surface area contributed by atoms with Crippen LogP contribution in [0.3, 0.4) is 0 Å². The van der Waals surface area contributed by atoms with Gasteiger partial charge < -0.3 is 4.74 Å². The third kappa shape index (κ3) is 15.2. The monoisotopic (exact) mass is 268 g/mol. The van der Waals surface area contributed by atoms with Crippen LogP contribution in [0.25, 0.3) is 0 Å². The number of ether oxygens (including phenoxy) is 1. The van der Waals surface area contributed by atoms with E-state index in [2.05, 4.69) is 26.0 Å². The van der Waals surface area contributed by atoms with Crippen molar-refractivity contribution in [2.75, 3.05) is 6.61 Å². The third-order valence-corrected chi connectivity index (χ3v) is 3.30. The normalized spacial score (nSPS) is 12.8. The fraction of sp³-hybridized carbons (Fsp3) is 0.824. The summed E-state index contributed by atoms with van der Waals surface area (Å²) in [5, 5.41) is 0. The first-order valence-corrected chi connectivity index (χ1v) is 7.96. The van der Waals surface area contributed by atoms with Crippen LogP contribution in [-0.4, -0.2) is 12.6 Å². The van der Waals surface area contributed by atoms with Crippen LogP contribution in [0.15, 0.2) is 12.2 Å². The van der Waals surface area contributed by atoms with Gasteiger partial charge in [0, 0.05) is 6.92 Å². The van der Waals surface area contributed by atoms with Crippen molar-refractivity contribution in [2.24, 2.45) is 5.92 Å². The zero-order valence-corrected chi connectivity index (χ0v) is 13.1. The molecule has 0 spiro atoms. The van der Waals surface area contributed by atoms with Crippen LogP contribution >= 0.6 is 0 Å². The number of carbonyl (C=O) groups is 1. The zero-order chi connectivity index (χ0) is 14.3. The molecule has 0 heterocycles. The topological polar surface area (TPSA) is 26.3 Å². The van der Waals surface area contributed by atoms with Gasteiger partial charge in [-0.05, 0) is 25.2 Å². The van der Waals surface area contributed by atoms with Gasteiger partial charge in [-0.1, -0.05) is 64.5 Å². The number of hydrogen-bond acceptors (Lipinski definition) is 2. The van der Waals surface area contributed by atoms with Crippen LogP contribution in [0.1, 0.15) is 78.6 Å². The Morgan fingerprint density at radius 1 is 1.11 bits per heavy atom. The molecule has 112 valence electrons. The van der Waals surface area contributed by atoms with Crippen LogP contribution in [0.4, 0.5) is 0 Å². The lowest BCUT2D eigenvalue weighted by Crippen LogP contribution is -2.00. The predicted molar refractivity (Wildman–Crippen MR) is 82.2 cm³/mol. The summed E-state index contributed by atoms with van der Waals surface area (Å²) < 4.78 is 4.90. The largest absolute Gasteiger partial charge is 0.466 e. The van der Waals surface area contributed by atoms with Crippen molar-refractivity contribution in [1.82, 2.24) is 0 Å². The van der Waals surface area contributed by atoms with Crippen molar-refractivity contribution in [3.8, 4) is 0 Å². The summed E-state index contributed by atoms with van der Waals surface area (Å²) in [7, 11) is 0. The van der Waals surface area contributed by atoms with E-state index in [0.717, 1.165) is 12.3 Å². The summed E-state index contributed by atoms with van der Waals surface area (Å²) in [5.41, 5.74) is 0. The highest BCUT2D eigenvalue weighted by molar-refractivity contribution is 5.65. The number of rotatable bonds is 12. The van der Waals surface area contributed by atoms with E-state index in [1.165, 1.54) is 58.3 Å². The van der Waals surface area contributed by atoms with Crippen molar-refractivity contribution in [3.63, 3.8) is 0 Å². The number of esters is 1. The molecule has 0 saturated heterocycles. The Kier molecular flexibility index (Phi) is 13.1. The molecule has 0 amide bonds. The van der Waals surface area contributed by atoms with E-state index in [-0.39, 0.29) is 5.97 Å². The third-order valence-electron chi connectivity index (χ3n) is 3.30. The van der Waals surface area contributed by atoms with Gasteiger partial charge in [0.2, 0.25) is 0 Å². The smallest absolute Gasteiger partial charge is 0.302 e. The summed E-state index contributed by atoms with van der Waals surface area (Å²) in [6, 6.07) is 0. The second kappa shape index (κ2) is 13.6. The predicted octanol–water partition coefficient (Wildman–Crippen LogP) is 5.27. The summed E-state index contributed by atoms with van der Waals surface area (Å²) in [6.45, 7) is 6.60. The van der Waals surface area contributed by atoms with Gasteiger partial charge in [0.05, 0.1) is 6.61 Å². The van der Waals surface area contributed by atoms with E-state index in [9.17, 15) is 4.79 Å². The first-order valence-electron chi connectivity index (χ1n) is 7.96. The number of unbranched alkanes of at least 4 members (excludes halogenated alkanes) is 6. The molecule has 0 radical (unpaired) electrons. The molecular formula is C17H32O2. The molecule has 0 aliphatic rings. The Balaban J connectivity index is 3.24. The van der Waals surface area contributed by atoms with Crippen LogP contribution in [0.2, 0.25) is 0 Å². The second-order valence-corrected chi connectivity index (χ2v) is 5.44. The quantitative estimate of drug-likeness (QED) is 0.274. The van der Waals surface area contributed by atoms with Gasteiger partial charge >= 0.3 is 5.97 Å². The first kappa shape index (κ1) is 18.2. The van der Waals surface area contributed by atoms with E-state index in [0.29, 0.717) is 6.61 Å². The van der Waals surface area contributed by atoms with Gasteiger partial charge in [-0.15, -0.1) is 0 Å². The number of allylic oxidation sites excluding steroid dienone is 2. The van der Waals surface area contributed by atoms with E-state index in [4.69, 9.17) is 4.74 Å². The zero-order valence-electron chi connectivity index (χ0n) is 13.1. The van der Waals surface area contributed by atoms with Gasteiger partial charge in [0.15, 0.2) is 0 Å². The molecule has 0 aliphatic carbocycles. The molecule has 0 aromatic carbocycles. The molecule has 1 unspecified atom stereocenters. The highest BCUT2D eigenvalue weighted by Gasteiger charge is 1.98. The van der Waals surface area contributed by atoms with Crippen LogP contribution in [0.5, 0.6) is 0 Å². The minimum atomic E-state index is -0.163.